The van der Waals surface area contributed by atoms with E-state index in [1.165, 1.54) is 17.3 Å². The van der Waals surface area contributed by atoms with Crippen molar-refractivity contribution in [2.24, 2.45) is 0 Å². The Morgan fingerprint density at radius 2 is 2.00 bits per heavy atom. The topological polar surface area (TPSA) is 64.1 Å². The van der Waals surface area contributed by atoms with Crippen molar-refractivity contribution in [3.63, 3.8) is 0 Å². The maximum Gasteiger partial charge on any atom is 0.237 e. The summed E-state index contributed by atoms with van der Waals surface area (Å²) < 4.78 is 5.62. The highest BCUT2D eigenvalue weighted by atomic mass is 32.2. The molecule has 3 aromatic rings. The third-order valence-corrected chi connectivity index (χ3v) is 4.51. The molecule has 132 valence electrons. The molecule has 2 aromatic carbocycles. The Morgan fingerprint density at radius 1 is 1.15 bits per heavy atom. The molecule has 26 heavy (non-hydrogen) atoms. The van der Waals surface area contributed by atoms with Crippen LogP contribution in [-0.2, 0) is 10.5 Å². The van der Waals surface area contributed by atoms with Crippen molar-refractivity contribution in [3.05, 3.63) is 78.2 Å². The van der Waals surface area contributed by atoms with Gasteiger partial charge in [-0.3, -0.25) is 9.78 Å². The van der Waals surface area contributed by atoms with Crippen LogP contribution in [-0.4, -0.2) is 21.6 Å². The summed E-state index contributed by atoms with van der Waals surface area (Å²) in [6.07, 6.45) is 4.68. The number of hydrogen-bond donors (Lipinski definition) is 1. The number of nitrogens with zero attached hydrogens (tertiary/aromatic N) is 2. The number of thioether (sulfide) groups is 1. The Balaban J connectivity index is 1.49. The summed E-state index contributed by atoms with van der Waals surface area (Å²) in [4.78, 5) is 20.2. The molecule has 1 N–H and O–H groups in total. The van der Waals surface area contributed by atoms with Gasteiger partial charge in [-0.25, -0.2) is 4.98 Å². The molecule has 0 aliphatic rings. The highest BCUT2D eigenvalue weighted by Crippen LogP contribution is 2.22. The molecule has 0 radical (unpaired) electrons. The second-order valence-electron chi connectivity index (χ2n) is 5.70. The van der Waals surface area contributed by atoms with E-state index >= 15 is 0 Å². The van der Waals surface area contributed by atoms with E-state index in [1.807, 2.05) is 12.1 Å². The van der Waals surface area contributed by atoms with E-state index in [2.05, 4.69) is 46.5 Å². The van der Waals surface area contributed by atoms with Crippen LogP contribution in [0, 0.1) is 6.92 Å². The molecule has 3 rings (SSSR count). The molecular formula is C20H19N3O2S. The summed E-state index contributed by atoms with van der Waals surface area (Å²) >= 11 is 1.58. The Morgan fingerprint density at radius 3 is 2.77 bits per heavy atom. The Kier molecular flexibility index (Phi) is 6.22. The molecule has 0 aliphatic carbocycles. The quantitative estimate of drug-likeness (QED) is 0.670. The number of carbonyl (C=O) groups is 1. The molecule has 0 atom stereocenters. The second kappa shape index (κ2) is 9.01. The Bertz CT molecular complexity index is 854. The van der Waals surface area contributed by atoms with Crippen molar-refractivity contribution in [1.29, 1.82) is 0 Å². The zero-order valence-corrected chi connectivity index (χ0v) is 15.2. The number of carbonyl (C=O) groups excluding carboxylic acids is 1. The van der Waals surface area contributed by atoms with Gasteiger partial charge in [-0.15, -0.1) is 11.8 Å². The second-order valence-corrected chi connectivity index (χ2v) is 6.69. The van der Waals surface area contributed by atoms with Gasteiger partial charge in [-0.2, -0.15) is 0 Å². The number of ether oxygens (including phenoxy) is 1. The van der Waals surface area contributed by atoms with E-state index in [9.17, 15) is 4.79 Å². The number of rotatable bonds is 7. The average Bonchev–Trinajstić information content (AvgIpc) is 2.64. The number of hydrogen-bond acceptors (Lipinski definition) is 5. The van der Waals surface area contributed by atoms with Crippen molar-refractivity contribution >= 4 is 23.4 Å². The largest absolute Gasteiger partial charge is 0.437 e. The fourth-order valence-electron chi connectivity index (χ4n) is 2.24. The molecule has 0 fully saturated rings. The van der Waals surface area contributed by atoms with Crippen molar-refractivity contribution in [3.8, 4) is 11.6 Å². The van der Waals surface area contributed by atoms with Crippen molar-refractivity contribution < 1.29 is 9.53 Å². The van der Waals surface area contributed by atoms with Crippen LogP contribution < -0.4 is 10.1 Å². The molecule has 0 saturated carbocycles. The van der Waals surface area contributed by atoms with Crippen molar-refractivity contribution in [2.75, 3.05) is 11.1 Å². The standard InChI is InChI=1S/C20H19N3O2S/c1-15-5-7-16(8-6-15)13-26-14-19(24)23-17-3-2-4-18(11-17)25-20-12-21-9-10-22-20/h2-12H,13-14H2,1H3,(H,23,24). The molecule has 1 amide bonds. The zero-order chi connectivity index (χ0) is 18.2. The molecule has 0 aliphatic heterocycles. The van der Waals surface area contributed by atoms with Crippen LogP contribution >= 0.6 is 11.8 Å². The minimum absolute atomic E-state index is 0.0428. The van der Waals surface area contributed by atoms with Crippen LogP contribution in [0.4, 0.5) is 5.69 Å². The van der Waals surface area contributed by atoms with E-state index < -0.39 is 0 Å². The highest BCUT2D eigenvalue weighted by Gasteiger charge is 2.05. The monoisotopic (exact) mass is 365 g/mol. The van der Waals surface area contributed by atoms with E-state index in [1.54, 1.807) is 36.3 Å². The zero-order valence-electron chi connectivity index (χ0n) is 14.4. The number of nitrogens with one attached hydrogen (secondary N) is 1. The van der Waals surface area contributed by atoms with Crippen molar-refractivity contribution in [1.82, 2.24) is 9.97 Å². The minimum Gasteiger partial charge on any atom is -0.437 e. The predicted octanol–water partition coefficient (Wildman–Crippen LogP) is 4.45. The number of aromatic nitrogens is 2. The Hall–Kier alpha value is -2.86. The molecule has 0 unspecified atom stereocenters. The number of aryl methyl sites for hydroxylation is 1. The maximum atomic E-state index is 12.1. The van der Waals surface area contributed by atoms with Gasteiger partial charge in [0.1, 0.15) is 5.75 Å². The maximum absolute atomic E-state index is 12.1. The predicted molar refractivity (Wildman–Crippen MR) is 105 cm³/mol. The molecule has 0 bridgehead atoms. The fraction of sp³-hybridized carbons (Fsp3) is 0.150. The molecule has 1 heterocycles. The lowest BCUT2D eigenvalue weighted by Crippen LogP contribution is -2.14. The van der Waals surface area contributed by atoms with E-state index in [4.69, 9.17) is 4.74 Å². The van der Waals surface area contributed by atoms with Crippen LogP contribution in [0.25, 0.3) is 0 Å². The van der Waals surface area contributed by atoms with Gasteiger partial charge in [0.25, 0.3) is 0 Å². The van der Waals surface area contributed by atoms with E-state index in [0.29, 0.717) is 23.1 Å². The first-order chi connectivity index (χ1) is 12.7. The first-order valence-corrected chi connectivity index (χ1v) is 9.31. The fourth-order valence-corrected chi connectivity index (χ4v) is 3.03. The van der Waals surface area contributed by atoms with Crippen LogP contribution in [0.1, 0.15) is 11.1 Å². The van der Waals surface area contributed by atoms with Gasteiger partial charge in [0.2, 0.25) is 11.8 Å². The molecule has 0 saturated heterocycles. The van der Waals surface area contributed by atoms with Gasteiger partial charge < -0.3 is 10.1 Å². The van der Waals surface area contributed by atoms with Crippen LogP contribution in [0.3, 0.4) is 0 Å². The minimum atomic E-state index is -0.0428. The Labute approximate surface area is 156 Å². The molecule has 1 aromatic heterocycles. The van der Waals surface area contributed by atoms with Gasteiger partial charge in [0.05, 0.1) is 11.9 Å². The van der Waals surface area contributed by atoms with Gasteiger partial charge in [0, 0.05) is 29.9 Å². The molecule has 5 nitrogen and oxygen atoms in total. The lowest BCUT2D eigenvalue weighted by atomic mass is 10.2. The lowest BCUT2D eigenvalue weighted by Gasteiger charge is -2.08. The molecule has 0 spiro atoms. The molecule has 6 heteroatoms. The normalized spacial score (nSPS) is 10.3. The van der Waals surface area contributed by atoms with Crippen LogP contribution in [0.5, 0.6) is 11.6 Å². The highest BCUT2D eigenvalue weighted by molar-refractivity contribution is 7.99. The third-order valence-electron chi connectivity index (χ3n) is 3.50. The lowest BCUT2D eigenvalue weighted by molar-refractivity contribution is -0.113. The van der Waals surface area contributed by atoms with Gasteiger partial charge in [0.15, 0.2) is 0 Å². The van der Waals surface area contributed by atoms with E-state index in [-0.39, 0.29) is 5.91 Å². The number of amides is 1. The summed E-state index contributed by atoms with van der Waals surface area (Å²) in [5.74, 6) is 2.16. The summed E-state index contributed by atoms with van der Waals surface area (Å²) in [5.41, 5.74) is 3.14. The summed E-state index contributed by atoms with van der Waals surface area (Å²) in [6, 6.07) is 15.6. The number of anilines is 1. The van der Waals surface area contributed by atoms with E-state index in [0.717, 1.165) is 5.75 Å². The first kappa shape index (κ1) is 17.9. The van der Waals surface area contributed by atoms with Gasteiger partial charge >= 0.3 is 0 Å². The SMILES string of the molecule is Cc1ccc(CSCC(=O)Nc2cccc(Oc3cnccn3)c2)cc1. The number of benzene rings is 2. The smallest absolute Gasteiger partial charge is 0.237 e. The molecular weight excluding hydrogens is 346 g/mol. The van der Waals surface area contributed by atoms with Crippen LogP contribution in [0.15, 0.2) is 67.1 Å². The average molecular weight is 365 g/mol. The first-order valence-electron chi connectivity index (χ1n) is 8.16. The van der Waals surface area contributed by atoms with Crippen molar-refractivity contribution in [2.45, 2.75) is 12.7 Å². The third kappa shape index (κ3) is 5.60. The van der Waals surface area contributed by atoms with Gasteiger partial charge in [-0.1, -0.05) is 35.9 Å². The summed E-state index contributed by atoms with van der Waals surface area (Å²) in [5, 5.41) is 2.89. The summed E-state index contributed by atoms with van der Waals surface area (Å²) in [7, 11) is 0. The summed E-state index contributed by atoms with van der Waals surface area (Å²) in [6.45, 7) is 2.06. The van der Waals surface area contributed by atoms with Crippen LogP contribution in [0.2, 0.25) is 0 Å². The van der Waals surface area contributed by atoms with Gasteiger partial charge in [-0.05, 0) is 24.6 Å².